The van der Waals surface area contributed by atoms with Crippen molar-refractivity contribution in [2.75, 3.05) is 26.2 Å². The van der Waals surface area contributed by atoms with Gasteiger partial charge in [0.2, 0.25) is 0 Å². The fourth-order valence-electron chi connectivity index (χ4n) is 3.16. The first kappa shape index (κ1) is 19.1. The van der Waals surface area contributed by atoms with Gasteiger partial charge in [0.1, 0.15) is 12.3 Å². The number of nitrogens with zero attached hydrogens (tertiary/aromatic N) is 2. The molecule has 0 aliphatic carbocycles. The third kappa shape index (κ3) is 4.52. The molecular formula is C19H24N2O3S2. The van der Waals surface area contributed by atoms with Gasteiger partial charge in [0, 0.05) is 13.1 Å². The van der Waals surface area contributed by atoms with E-state index in [1.165, 1.54) is 11.1 Å². The van der Waals surface area contributed by atoms with Crippen molar-refractivity contribution in [1.29, 1.82) is 0 Å². The highest BCUT2D eigenvalue weighted by Crippen LogP contribution is 2.26. The van der Waals surface area contributed by atoms with E-state index in [1.54, 1.807) is 22.7 Å². The van der Waals surface area contributed by atoms with E-state index in [1.807, 2.05) is 0 Å². The van der Waals surface area contributed by atoms with Crippen molar-refractivity contribution in [3.05, 3.63) is 43.8 Å². The summed E-state index contributed by atoms with van der Waals surface area (Å²) in [5, 5.41) is 17.8. The predicted octanol–water partition coefficient (Wildman–Crippen LogP) is 3.99. The Hall–Kier alpha value is -1.70. The number of oxime groups is 1. The monoisotopic (exact) mass is 392 g/mol. The molecule has 0 bridgehead atoms. The summed E-state index contributed by atoms with van der Waals surface area (Å²) < 4.78 is 0. The molecule has 26 heavy (non-hydrogen) atoms. The number of carbonyl (C=O) groups is 1. The van der Waals surface area contributed by atoms with Crippen molar-refractivity contribution in [1.82, 2.24) is 4.90 Å². The lowest BCUT2D eigenvalue weighted by molar-refractivity contribution is -0.143. The van der Waals surface area contributed by atoms with E-state index in [2.05, 4.69) is 46.8 Å². The Labute approximate surface area is 161 Å². The third-order valence-electron chi connectivity index (χ3n) is 4.66. The van der Waals surface area contributed by atoms with Gasteiger partial charge in [-0.1, -0.05) is 5.16 Å². The zero-order valence-electron chi connectivity index (χ0n) is 15.1. The first-order valence-corrected chi connectivity index (χ1v) is 10.6. The van der Waals surface area contributed by atoms with Crippen LogP contribution in [0.4, 0.5) is 0 Å². The Morgan fingerprint density at radius 3 is 2.46 bits per heavy atom. The molecular weight excluding hydrogens is 368 g/mol. The molecule has 1 aliphatic heterocycles. The molecule has 7 heteroatoms. The van der Waals surface area contributed by atoms with E-state index in [9.17, 15) is 9.90 Å². The molecule has 2 aromatic heterocycles. The number of carboxylic acid groups (broad SMARTS) is 1. The second kappa shape index (κ2) is 8.79. The van der Waals surface area contributed by atoms with Gasteiger partial charge in [0.05, 0.1) is 15.7 Å². The molecule has 0 spiro atoms. The van der Waals surface area contributed by atoms with Crippen molar-refractivity contribution < 1.29 is 14.7 Å². The van der Waals surface area contributed by atoms with E-state index in [0.29, 0.717) is 19.7 Å². The number of aryl methyl sites for hydroxylation is 2. The summed E-state index contributed by atoms with van der Waals surface area (Å²) in [5.41, 5.74) is 3.29. The molecule has 1 atom stereocenters. The molecule has 5 nitrogen and oxygen atoms in total. The van der Waals surface area contributed by atoms with Gasteiger partial charge in [-0.25, -0.2) is 0 Å². The molecule has 2 aromatic rings. The van der Waals surface area contributed by atoms with E-state index in [0.717, 1.165) is 34.9 Å². The van der Waals surface area contributed by atoms with Crippen LogP contribution in [0.2, 0.25) is 0 Å². The van der Waals surface area contributed by atoms with Gasteiger partial charge in [-0.2, -0.15) is 0 Å². The lowest BCUT2D eigenvalue weighted by Crippen LogP contribution is -2.40. The zero-order valence-corrected chi connectivity index (χ0v) is 16.7. The number of thiophene rings is 2. The van der Waals surface area contributed by atoms with Crippen LogP contribution in [0.25, 0.3) is 0 Å². The minimum absolute atomic E-state index is 0.259. The Morgan fingerprint density at radius 2 is 1.92 bits per heavy atom. The molecule has 1 fully saturated rings. The van der Waals surface area contributed by atoms with Crippen LogP contribution in [-0.4, -0.2) is 47.9 Å². The van der Waals surface area contributed by atoms with Crippen LogP contribution in [-0.2, 0) is 9.63 Å². The van der Waals surface area contributed by atoms with Gasteiger partial charge in [0.15, 0.2) is 0 Å². The summed E-state index contributed by atoms with van der Waals surface area (Å²) in [6, 6.07) is 4.19. The first-order valence-electron chi connectivity index (χ1n) is 8.80. The quantitative estimate of drug-likeness (QED) is 0.440. The van der Waals surface area contributed by atoms with Crippen molar-refractivity contribution in [3.8, 4) is 0 Å². The summed E-state index contributed by atoms with van der Waals surface area (Å²) in [5.74, 6) is -0.956. The first-order chi connectivity index (χ1) is 12.6. The van der Waals surface area contributed by atoms with Gasteiger partial charge in [-0.3, -0.25) is 9.69 Å². The molecule has 0 amide bonds. The average molecular weight is 393 g/mol. The smallest absolute Gasteiger partial charge is 0.307 e. The highest BCUT2D eigenvalue weighted by Gasteiger charge is 2.25. The summed E-state index contributed by atoms with van der Waals surface area (Å²) in [7, 11) is 0. The molecule has 3 rings (SSSR count). The second-order valence-corrected chi connectivity index (χ2v) is 8.45. The van der Waals surface area contributed by atoms with Gasteiger partial charge < -0.3 is 9.94 Å². The lowest BCUT2D eigenvalue weighted by Gasteiger charge is -2.29. The average Bonchev–Trinajstić information content (AvgIpc) is 3.24. The largest absolute Gasteiger partial charge is 0.481 e. The van der Waals surface area contributed by atoms with Gasteiger partial charge in [-0.15, -0.1) is 22.7 Å². The van der Waals surface area contributed by atoms with Crippen LogP contribution < -0.4 is 0 Å². The molecule has 1 aliphatic rings. The topological polar surface area (TPSA) is 62.1 Å². The minimum atomic E-state index is -0.697. The number of hydrogen-bond acceptors (Lipinski definition) is 6. The van der Waals surface area contributed by atoms with Crippen LogP contribution in [0.1, 0.15) is 33.7 Å². The maximum Gasteiger partial charge on any atom is 0.307 e. The van der Waals surface area contributed by atoms with Crippen LogP contribution in [0.3, 0.4) is 0 Å². The van der Waals surface area contributed by atoms with Crippen molar-refractivity contribution in [2.45, 2.75) is 26.7 Å². The molecule has 0 saturated carbocycles. The number of likely N-dealkylation sites (tertiary alicyclic amines) is 1. The minimum Gasteiger partial charge on any atom is -0.481 e. The molecule has 1 unspecified atom stereocenters. The zero-order chi connectivity index (χ0) is 18.5. The van der Waals surface area contributed by atoms with E-state index in [4.69, 9.17) is 4.84 Å². The number of piperidine rings is 1. The van der Waals surface area contributed by atoms with E-state index >= 15 is 0 Å². The van der Waals surface area contributed by atoms with Gasteiger partial charge in [-0.05, 0) is 67.3 Å². The van der Waals surface area contributed by atoms with E-state index < -0.39 is 5.97 Å². The van der Waals surface area contributed by atoms with Crippen molar-refractivity contribution >= 4 is 34.4 Å². The SMILES string of the molecule is Cc1ccsc1C(=NOCCN1CCCC(C(=O)O)C1)c1sccc1C. The number of rotatable bonds is 7. The molecule has 1 N–H and O–H groups in total. The molecule has 0 aromatic carbocycles. The molecule has 3 heterocycles. The highest BCUT2D eigenvalue weighted by atomic mass is 32.1. The molecule has 1 saturated heterocycles. The van der Waals surface area contributed by atoms with Gasteiger partial charge >= 0.3 is 5.97 Å². The van der Waals surface area contributed by atoms with E-state index in [-0.39, 0.29) is 5.92 Å². The second-order valence-electron chi connectivity index (χ2n) is 6.62. The van der Waals surface area contributed by atoms with Crippen LogP contribution in [0, 0.1) is 19.8 Å². The maximum atomic E-state index is 11.2. The molecule has 140 valence electrons. The lowest BCUT2D eigenvalue weighted by atomic mass is 9.98. The van der Waals surface area contributed by atoms with Crippen molar-refractivity contribution in [3.63, 3.8) is 0 Å². The summed E-state index contributed by atoms with van der Waals surface area (Å²) in [4.78, 5) is 21.3. The van der Waals surface area contributed by atoms with Crippen molar-refractivity contribution in [2.24, 2.45) is 11.1 Å². The fourth-order valence-corrected chi connectivity index (χ4v) is 5.05. The predicted molar refractivity (Wildman–Crippen MR) is 107 cm³/mol. The summed E-state index contributed by atoms with van der Waals surface area (Å²) >= 11 is 3.35. The Morgan fingerprint density at radius 1 is 1.27 bits per heavy atom. The fraction of sp³-hybridized carbons (Fsp3) is 0.474. The maximum absolute atomic E-state index is 11.2. The Bertz CT molecular complexity index is 739. The van der Waals surface area contributed by atoms with Crippen LogP contribution in [0.5, 0.6) is 0 Å². The summed E-state index contributed by atoms with van der Waals surface area (Å²) in [6.07, 6.45) is 1.69. The van der Waals surface area contributed by atoms with Crippen LogP contribution in [0.15, 0.2) is 28.0 Å². The normalized spacial score (nSPS) is 17.8. The van der Waals surface area contributed by atoms with Gasteiger partial charge in [0.25, 0.3) is 0 Å². The summed E-state index contributed by atoms with van der Waals surface area (Å²) in [6.45, 7) is 6.87. The Kier molecular flexibility index (Phi) is 6.45. The number of carboxylic acids is 1. The third-order valence-corrected chi connectivity index (χ3v) is 6.71. The standard InChI is InChI=1S/C19H24N2O3S2/c1-13-5-10-25-17(13)16(18-14(2)6-11-26-18)20-24-9-8-21-7-3-4-15(12-21)19(22)23/h5-6,10-11,15H,3-4,7-9,12H2,1-2H3,(H,22,23). The van der Waals surface area contributed by atoms with Crippen LogP contribution >= 0.6 is 22.7 Å². The number of aliphatic carboxylic acids is 1. The molecule has 0 radical (unpaired) electrons. The number of hydrogen-bond donors (Lipinski definition) is 1. The Balaban J connectivity index is 1.64. The highest BCUT2D eigenvalue weighted by molar-refractivity contribution is 7.16.